The number of methoxy groups -OCH3 is 3. The molecular formula is C18H16O9S. The minimum Gasteiger partial charge on any atom is -0.504 e. The molecule has 0 saturated heterocycles. The molecule has 3 rings (SSSR count). The van der Waals surface area contributed by atoms with Crippen LogP contribution in [0.3, 0.4) is 0 Å². The molecular weight excluding hydrogens is 392 g/mol. The van der Waals surface area contributed by atoms with E-state index in [0.29, 0.717) is 5.75 Å². The van der Waals surface area contributed by atoms with Crippen LogP contribution in [0.4, 0.5) is 0 Å². The van der Waals surface area contributed by atoms with E-state index in [-0.39, 0.29) is 22.6 Å². The smallest absolute Gasteiger partial charge is 0.302 e. The minimum absolute atomic E-state index is 0.0657. The molecule has 28 heavy (non-hydrogen) atoms. The predicted molar refractivity (Wildman–Crippen MR) is 99.1 cm³/mol. The lowest BCUT2D eigenvalue weighted by molar-refractivity contribution is 0.334. The number of hydrogen-bond acceptors (Lipinski definition) is 8. The average molecular weight is 408 g/mol. The van der Waals surface area contributed by atoms with E-state index in [1.54, 1.807) is 0 Å². The predicted octanol–water partition coefficient (Wildman–Crippen LogP) is 2.44. The fourth-order valence-corrected chi connectivity index (χ4v) is 3.52. The Balaban J connectivity index is 2.48. The maximum absolute atomic E-state index is 12.9. The molecule has 2 N–H and O–H groups in total. The van der Waals surface area contributed by atoms with E-state index >= 15 is 0 Å². The molecule has 0 amide bonds. The molecule has 0 bridgehead atoms. The van der Waals surface area contributed by atoms with Gasteiger partial charge in [-0.05, 0) is 24.3 Å². The summed E-state index contributed by atoms with van der Waals surface area (Å²) in [5.41, 5.74) is -1.10. The molecule has 2 aromatic carbocycles. The van der Waals surface area contributed by atoms with Crippen LogP contribution >= 0.6 is 0 Å². The topological polar surface area (TPSA) is 132 Å². The van der Waals surface area contributed by atoms with Gasteiger partial charge in [-0.1, -0.05) is 0 Å². The third-order valence-electron chi connectivity index (χ3n) is 4.07. The van der Waals surface area contributed by atoms with Gasteiger partial charge < -0.3 is 23.7 Å². The van der Waals surface area contributed by atoms with E-state index < -0.39 is 37.3 Å². The molecule has 0 unspecified atom stereocenters. The summed E-state index contributed by atoms with van der Waals surface area (Å²) in [5.74, 6) is -0.688. The molecule has 1 heterocycles. The van der Waals surface area contributed by atoms with Gasteiger partial charge in [-0.3, -0.25) is 9.35 Å². The zero-order chi connectivity index (χ0) is 20.6. The zero-order valence-electron chi connectivity index (χ0n) is 15.0. The van der Waals surface area contributed by atoms with Crippen LogP contribution in [0.15, 0.2) is 44.4 Å². The van der Waals surface area contributed by atoms with Gasteiger partial charge in [0.1, 0.15) is 16.7 Å². The Morgan fingerprint density at radius 1 is 1.00 bits per heavy atom. The van der Waals surface area contributed by atoms with E-state index in [2.05, 4.69) is 0 Å². The Kier molecular flexibility index (Phi) is 4.92. The Bertz CT molecular complexity index is 1210. The van der Waals surface area contributed by atoms with Gasteiger partial charge in [-0.15, -0.1) is 0 Å². The van der Waals surface area contributed by atoms with Crippen molar-refractivity contribution in [2.24, 2.45) is 0 Å². The molecule has 0 fully saturated rings. The lowest BCUT2D eigenvalue weighted by Crippen LogP contribution is -2.16. The first-order valence-corrected chi connectivity index (χ1v) is 9.23. The van der Waals surface area contributed by atoms with Crippen molar-refractivity contribution in [1.29, 1.82) is 0 Å². The lowest BCUT2D eigenvalue weighted by atomic mass is 10.1. The molecule has 1 aromatic heterocycles. The SMILES string of the molecule is COc1ccc(-c2oc3cc(OC)c(OC)c(O)c3c(=O)c2S(=O)(=O)O)cc1. The third-order valence-corrected chi connectivity index (χ3v) is 4.96. The highest BCUT2D eigenvalue weighted by Crippen LogP contribution is 2.43. The molecule has 0 saturated carbocycles. The van der Waals surface area contributed by atoms with Crippen LogP contribution in [-0.4, -0.2) is 39.4 Å². The van der Waals surface area contributed by atoms with Gasteiger partial charge in [0, 0.05) is 11.6 Å². The van der Waals surface area contributed by atoms with Crippen molar-refractivity contribution in [1.82, 2.24) is 0 Å². The zero-order valence-corrected chi connectivity index (χ0v) is 15.9. The van der Waals surface area contributed by atoms with Crippen LogP contribution in [0, 0.1) is 0 Å². The van der Waals surface area contributed by atoms with Crippen molar-refractivity contribution in [3.8, 4) is 34.3 Å². The normalized spacial score (nSPS) is 11.4. The Labute approximate surface area is 159 Å². The Morgan fingerprint density at radius 3 is 2.14 bits per heavy atom. The number of rotatable bonds is 5. The highest BCUT2D eigenvalue weighted by Gasteiger charge is 2.29. The summed E-state index contributed by atoms with van der Waals surface area (Å²) in [4.78, 5) is 11.9. The molecule has 0 aliphatic rings. The third kappa shape index (κ3) is 3.12. The summed E-state index contributed by atoms with van der Waals surface area (Å²) in [7, 11) is -0.982. The minimum atomic E-state index is -4.99. The van der Waals surface area contributed by atoms with Crippen LogP contribution in [0.25, 0.3) is 22.3 Å². The maximum atomic E-state index is 12.9. The molecule has 0 atom stereocenters. The molecule has 0 aliphatic carbocycles. The number of fused-ring (bicyclic) bond motifs is 1. The standard InChI is InChI=1S/C18H16O9S/c1-24-10-6-4-9(5-7-10)16-18(28(21,22)23)15(20)13-11(27-16)8-12(25-2)17(26-3)14(13)19/h4-8,19H,1-3H3,(H,21,22,23). The summed E-state index contributed by atoms with van der Waals surface area (Å²) < 4.78 is 54.3. The molecule has 0 spiro atoms. The van der Waals surface area contributed by atoms with E-state index in [9.17, 15) is 22.9 Å². The number of benzene rings is 2. The van der Waals surface area contributed by atoms with Crippen LogP contribution < -0.4 is 19.6 Å². The van der Waals surface area contributed by atoms with Crippen molar-refractivity contribution in [2.45, 2.75) is 4.90 Å². The first-order chi connectivity index (χ1) is 13.2. The van der Waals surface area contributed by atoms with Crippen molar-refractivity contribution in [3.05, 3.63) is 40.6 Å². The van der Waals surface area contributed by atoms with Gasteiger partial charge in [0.15, 0.2) is 22.2 Å². The summed E-state index contributed by atoms with van der Waals surface area (Å²) in [6.45, 7) is 0. The molecule has 10 heteroatoms. The van der Waals surface area contributed by atoms with Crippen molar-refractivity contribution >= 4 is 21.1 Å². The fourth-order valence-electron chi connectivity index (χ4n) is 2.79. The second-order valence-corrected chi connectivity index (χ2v) is 6.99. The number of aromatic hydroxyl groups is 1. The highest BCUT2D eigenvalue weighted by molar-refractivity contribution is 7.86. The Morgan fingerprint density at radius 2 is 1.64 bits per heavy atom. The van der Waals surface area contributed by atoms with E-state index in [1.165, 1.54) is 51.7 Å². The van der Waals surface area contributed by atoms with Crippen molar-refractivity contribution in [3.63, 3.8) is 0 Å². The fraction of sp³-hybridized carbons (Fsp3) is 0.167. The Hall–Kier alpha value is -3.24. The number of phenols is 1. The summed E-state index contributed by atoms with van der Waals surface area (Å²) in [5, 5.41) is 9.93. The van der Waals surface area contributed by atoms with Gasteiger partial charge in [-0.25, -0.2) is 0 Å². The van der Waals surface area contributed by atoms with Crippen LogP contribution in [0.2, 0.25) is 0 Å². The second-order valence-electron chi connectivity index (χ2n) is 5.63. The van der Waals surface area contributed by atoms with Crippen LogP contribution in [0.1, 0.15) is 0 Å². The van der Waals surface area contributed by atoms with Gasteiger partial charge in [0.25, 0.3) is 0 Å². The van der Waals surface area contributed by atoms with Crippen molar-refractivity contribution in [2.75, 3.05) is 21.3 Å². The van der Waals surface area contributed by atoms with Crippen LogP contribution in [-0.2, 0) is 10.1 Å². The van der Waals surface area contributed by atoms with Gasteiger partial charge in [0.2, 0.25) is 11.2 Å². The molecule has 0 radical (unpaired) electrons. The highest BCUT2D eigenvalue weighted by atomic mass is 32.2. The lowest BCUT2D eigenvalue weighted by Gasteiger charge is -2.13. The van der Waals surface area contributed by atoms with E-state index in [1.807, 2.05) is 0 Å². The first kappa shape index (κ1) is 19.5. The monoisotopic (exact) mass is 408 g/mol. The van der Waals surface area contributed by atoms with Crippen molar-refractivity contribution < 1.29 is 36.7 Å². The molecule has 3 aromatic rings. The summed E-state index contributed by atoms with van der Waals surface area (Å²) >= 11 is 0. The van der Waals surface area contributed by atoms with Crippen LogP contribution in [0.5, 0.6) is 23.0 Å². The average Bonchev–Trinajstić information content (AvgIpc) is 2.66. The molecule has 148 valence electrons. The summed E-state index contributed by atoms with van der Waals surface area (Å²) in [6.07, 6.45) is 0. The van der Waals surface area contributed by atoms with E-state index in [0.717, 1.165) is 0 Å². The molecule has 9 nitrogen and oxygen atoms in total. The number of ether oxygens (including phenoxy) is 3. The molecule has 0 aliphatic heterocycles. The van der Waals surface area contributed by atoms with E-state index in [4.69, 9.17) is 18.6 Å². The number of hydrogen-bond donors (Lipinski definition) is 2. The quantitative estimate of drug-likeness (QED) is 0.611. The van der Waals surface area contributed by atoms with Gasteiger partial charge >= 0.3 is 10.1 Å². The second kappa shape index (κ2) is 7.06. The largest absolute Gasteiger partial charge is 0.504 e. The number of phenolic OH excluding ortho intramolecular Hbond substituents is 1. The first-order valence-electron chi connectivity index (χ1n) is 7.79. The van der Waals surface area contributed by atoms with Gasteiger partial charge in [0.05, 0.1) is 21.3 Å². The maximum Gasteiger partial charge on any atom is 0.302 e. The van der Waals surface area contributed by atoms with Gasteiger partial charge in [-0.2, -0.15) is 8.42 Å². The summed E-state index contributed by atoms with van der Waals surface area (Å²) in [6, 6.07) is 7.24.